The number of thiophene rings is 1. The Kier molecular flexibility index (Phi) is 6.00. The molecule has 1 aromatic carbocycles. The van der Waals surface area contributed by atoms with Crippen molar-refractivity contribution < 1.29 is 4.79 Å². The van der Waals surface area contributed by atoms with Gasteiger partial charge in [-0.15, -0.1) is 23.7 Å². The van der Waals surface area contributed by atoms with Gasteiger partial charge in [0.2, 0.25) is 0 Å². The zero-order chi connectivity index (χ0) is 14.7. The summed E-state index contributed by atoms with van der Waals surface area (Å²) in [6.45, 7) is 3.77. The molecule has 1 aromatic heterocycles. The Morgan fingerprint density at radius 1 is 1.27 bits per heavy atom. The molecular weight excluding hydrogens is 316 g/mol. The van der Waals surface area contributed by atoms with E-state index in [4.69, 9.17) is 0 Å². The predicted octanol–water partition coefficient (Wildman–Crippen LogP) is 4.02. The Bertz CT molecular complexity index is 632. The van der Waals surface area contributed by atoms with E-state index in [1.165, 1.54) is 16.9 Å². The number of nitrogens with one attached hydrogen (secondary N) is 2. The number of halogens is 1. The van der Waals surface area contributed by atoms with Crippen LogP contribution < -0.4 is 10.6 Å². The monoisotopic (exact) mass is 336 g/mol. The summed E-state index contributed by atoms with van der Waals surface area (Å²) in [5.74, 6) is 0.0124. The molecule has 0 spiro atoms. The van der Waals surface area contributed by atoms with E-state index in [0.717, 1.165) is 42.1 Å². The zero-order valence-electron chi connectivity index (χ0n) is 12.6. The van der Waals surface area contributed by atoms with Crippen LogP contribution in [0.4, 0.5) is 5.69 Å². The Labute approximate surface area is 141 Å². The summed E-state index contributed by atoms with van der Waals surface area (Å²) in [6.07, 6.45) is 3.48. The first-order valence-corrected chi connectivity index (χ1v) is 8.31. The summed E-state index contributed by atoms with van der Waals surface area (Å²) in [5.41, 5.74) is 3.39. The van der Waals surface area contributed by atoms with Crippen LogP contribution in [0.25, 0.3) is 0 Å². The molecule has 2 aromatic rings. The highest BCUT2D eigenvalue weighted by atomic mass is 35.5. The number of hydrogen-bond acceptors (Lipinski definition) is 3. The molecule has 1 aliphatic rings. The molecular formula is C17H21ClN2OS. The molecule has 22 heavy (non-hydrogen) atoms. The molecule has 0 radical (unpaired) electrons. The van der Waals surface area contributed by atoms with Crippen LogP contribution in [0.15, 0.2) is 30.3 Å². The van der Waals surface area contributed by atoms with E-state index in [9.17, 15) is 4.79 Å². The summed E-state index contributed by atoms with van der Waals surface area (Å²) in [4.78, 5) is 14.6. The number of carbonyl (C=O) groups is 1. The predicted molar refractivity (Wildman–Crippen MR) is 95.4 cm³/mol. The lowest BCUT2D eigenvalue weighted by atomic mass is 10.1. The maximum Gasteiger partial charge on any atom is 0.265 e. The number of anilines is 1. The molecule has 1 heterocycles. The number of amides is 1. The number of benzene rings is 1. The number of para-hydroxylation sites is 1. The number of hydrogen-bond donors (Lipinski definition) is 2. The third-order valence-corrected chi connectivity index (χ3v) is 5.04. The molecule has 3 rings (SSSR count). The lowest BCUT2D eigenvalue weighted by molar-refractivity contribution is 0.103. The highest BCUT2D eigenvalue weighted by Crippen LogP contribution is 2.31. The van der Waals surface area contributed by atoms with Gasteiger partial charge >= 0.3 is 0 Å². The van der Waals surface area contributed by atoms with E-state index in [-0.39, 0.29) is 18.3 Å². The lowest BCUT2D eigenvalue weighted by Gasteiger charge is -2.10. The minimum absolute atomic E-state index is 0. The minimum Gasteiger partial charge on any atom is -0.321 e. The van der Waals surface area contributed by atoms with Crippen molar-refractivity contribution in [1.29, 1.82) is 0 Å². The molecule has 0 saturated heterocycles. The Morgan fingerprint density at radius 2 is 2.09 bits per heavy atom. The van der Waals surface area contributed by atoms with Crippen LogP contribution in [0.3, 0.4) is 0 Å². The van der Waals surface area contributed by atoms with Crippen LogP contribution in [-0.4, -0.2) is 12.5 Å². The second-order valence-electron chi connectivity index (χ2n) is 5.30. The van der Waals surface area contributed by atoms with E-state index in [1.807, 2.05) is 24.3 Å². The Balaban J connectivity index is 0.00000176. The molecule has 0 unspecified atom stereocenters. The van der Waals surface area contributed by atoms with Crippen molar-refractivity contribution in [3.8, 4) is 0 Å². The molecule has 3 nitrogen and oxygen atoms in total. The van der Waals surface area contributed by atoms with Crippen molar-refractivity contribution >= 4 is 35.3 Å². The zero-order valence-corrected chi connectivity index (χ0v) is 14.3. The van der Waals surface area contributed by atoms with E-state index in [0.29, 0.717) is 0 Å². The van der Waals surface area contributed by atoms with E-state index >= 15 is 0 Å². The van der Waals surface area contributed by atoms with Crippen LogP contribution in [-0.2, 0) is 19.4 Å². The lowest BCUT2D eigenvalue weighted by Crippen LogP contribution is -2.16. The SMILES string of the molecule is CCNCc1ccccc1NC(=O)c1cc2c(s1)CCC2.Cl. The second-order valence-corrected chi connectivity index (χ2v) is 6.44. The molecule has 5 heteroatoms. The molecule has 0 bridgehead atoms. The van der Waals surface area contributed by atoms with Crippen molar-refractivity contribution in [2.75, 3.05) is 11.9 Å². The highest BCUT2D eigenvalue weighted by Gasteiger charge is 2.18. The number of fused-ring (bicyclic) bond motifs is 1. The smallest absolute Gasteiger partial charge is 0.265 e. The normalized spacial score (nSPS) is 12.6. The van der Waals surface area contributed by atoms with Gasteiger partial charge in [-0.05, 0) is 49.1 Å². The van der Waals surface area contributed by atoms with Crippen molar-refractivity contribution in [1.82, 2.24) is 5.32 Å². The topological polar surface area (TPSA) is 41.1 Å². The standard InChI is InChI=1S/C17H20N2OS.ClH/c1-2-18-11-13-6-3-4-8-14(13)19-17(20)16-10-12-7-5-9-15(12)21-16;/h3-4,6,8,10,18H,2,5,7,9,11H2,1H3,(H,19,20);1H. The first kappa shape index (κ1) is 17.0. The van der Waals surface area contributed by atoms with Crippen molar-refractivity contribution in [2.24, 2.45) is 0 Å². The molecule has 0 aliphatic heterocycles. The van der Waals surface area contributed by atoms with Gasteiger partial charge < -0.3 is 10.6 Å². The van der Waals surface area contributed by atoms with E-state index in [1.54, 1.807) is 11.3 Å². The largest absolute Gasteiger partial charge is 0.321 e. The van der Waals surface area contributed by atoms with Crippen LogP contribution in [0.5, 0.6) is 0 Å². The number of rotatable bonds is 5. The van der Waals surface area contributed by atoms with E-state index in [2.05, 4.69) is 23.6 Å². The highest BCUT2D eigenvalue weighted by molar-refractivity contribution is 7.14. The van der Waals surface area contributed by atoms with E-state index < -0.39 is 0 Å². The summed E-state index contributed by atoms with van der Waals surface area (Å²) >= 11 is 1.65. The first-order valence-electron chi connectivity index (χ1n) is 7.49. The summed E-state index contributed by atoms with van der Waals surface area (Å²) < 4.78 is 0. The van der Waals surface area contributed by atoms with Gasteiger partial charge in [-0.3, -0.25) is 4.79 Å². The second kappa shape index (κ2) is 7.77. The Morgan fingerprint density at radius 3 is 2.86 bits per heavy atom. The van der Waals surface area contributed by atoms with Crippen LogP contribution in [0.2, 0.25) is 0 Å². The van der Waals surface area contributed by atoms with Gasteiger partial charge in [-0.25, -0.2) is 0 Å². The maximum atomic E-state index is 12.4. The fraction of sp³-hybridized carbons (Fsp3) is 0.353. The molecule has 1 amide bonds. The molecule has 2 N–H and O–H groups in total. The van der Waals surface area contributed by atoms with Gasteiger partial charge in [0.1, 0.15) is 0 Å². The average molecular weight is 337 g/mol. The van der Waals surface area contributed by atoms with Gasteiger partial charge in [0, 0.05) is 17.1 Å². The third kappa shape index (κ3) is 3.69. The average Bonchev–Trinajstić information content (AvgIpc) is 3.07. The van der Waals surface area contributed by atoms with Crippen molar-refractivity contribution in [3.63, 3.8) is 0 Å². The van der Waals surface area contributed by atoms with Crippen LogP contribution >= 0.6 is 23.7 Å². The fourth-order valence-electron chi connectivity index (χ4n) is 2.68. The first-order chi connectivity index (χ1) is 10.3. The van der Waals surface area contributed by atoms with Crippen molar-refractivity contribution in [2.45, 2.75) is 32.7 Å². The Hall–Kier alpha value is -1.36. The molecule has 0 atom stereocenters. The van der Waals surface area contributed by atoms with Gasteiger partial charge in [0.25, 0.3) is 5.91 Å². The van der Waals surface area contributed by atoms with Crippen LogP contribution in [0.1, 0.15) is 39.0 Å². The van der Waals surface area contributed by atoms with Gasteiger partial charge in [0.05, 0.1) is 4.88 Å². The third-order valence-electron chi connectivity index (χ3n) is 3.80. The quantitative estimate of drug-likeness (QED) is 0.865. The molecule has 0 saturated carbocycles. The summed E-state index contributed by atoms with van der Waals surface area (Å²) in [6, 6.07) is 10.0. The van der Waals surface area contributed by atoms with Gasteiger partial charge in [-0.2, -0.15) is 0 Å². The number of aryl methyl sites for hydroxylation is 2. The fourth-order valence-corrected chi connectivity index (χ4v) is 3.83. The van der Waals surface area contributed by atoms with Gasteiger partial charge in [0.15, 0.2) is 0 Å². The summed E-state index contributed by atoms with van der Waals surface area (Å²) in [5, 5.41) is 6.36. The minimum atomic E-state index is 0. The molecule has 0 fully saturated rings. The summed E-state index contributed by atoms with van der Waals surface area (Å²) in [7, 11) is 0. The number of carbonyl (C=O) groups excluding carboxylic acids is 1. The molecule has 1 aliphatic carbocycles. The van der Waals surface area contributed by atoms with Gasteiger partial charge in [-0.1, -0.05) is 25.1 Å². The molecule has 118 valence electrons. The van der Waals surface area contributed by atoms with Crippen LogP contribution in [0, 0.1) is 0 Å². The van der Waals surface area contributed by atoms with Crippen molar-refractivity contribution in [3.05, 3.63) is 51.2 Å². The maximum absolute atomic E-state index is 12.4.